The van der Waals surface area contributed by atoms with Crippen molar-refractivity contribution in [2.24, 2.45) is 0 Å². The Morgan fingerprint density at radius 2 is 1.67 bits per heavy atom. The molecule has 0 radical (unpaired) electrons. The molecular formula is C32H35N5OS. The maximum Gasteiger partial charge on any atom is 0.226 e. The number of thiocarbonyl (C=S) groups is 1. The molecule has 1 fully saturated rings. The smallest absolute Gasteiger partial charge is 0.226 e. The van der Waals surface area contributed by atoms with Gasteiger partial charge in [0.1, 0.15) is 0 Å². The predicted molar refractivity (Wildman–Crippen MR) is 161 cm³/mol. The van der Waals surface area contributed by atoms with E-state index in [1.165, 1.54) is 16.7 Å². The Kier molecular flexibility index (Phi) is 7.53. The van der Waals surface area contributed by atoms with Crippen LogP contribution in [0.25, 0.3) is 5.69 Å². The molecule has 4 aromatic rings. The molecule has 39 heavy (non-hydrogen) atoms. The molecule has 2 atom stereocenters. The minimum atomic E-state index is -0.132. The third kappa shape index (κ3) is 5.59. The molecule has 1 aliphatic heterocycles. The van der Waals surface area contributed by atoms with Gasteiger partial charge < -0.3 is 20.1 Å². The van der Waals surface area contributed by atoms with Gasteiger partial charge in [0.15, 0.2) is 5.11 Å². The minimum Gasteiger partial charge on any atom is -0.352 e. The number of anilines is 1. The Bertz CT molecular complexity index is 1490. The molecule has 0 bridgehead atoms. The van der Waals surface area contributed by atoms with Crippen molar-refractivity contribution in [3.05, 3.63) is 112 Å². The monoisotopic (exact) mass is 537 g/mol. The summed E-state index contributed by atoms with van der Waals surface area (Å²) < 4.78 is 2.31. The molecule has 0 aliphatic carbocycles. The molecule has 0 saturated carbocycles. The molecule has 1 amide bonds. The van der Waals surface area contributed by atoms with Crippen molar-refractivity contribution in [3.63, 3.8) is 0 Å². The average Bonchev–Trinajstić information content (AvgIpc) is 3.38. The molecule has 2 N–H and O–H groups in total. The summed E-state index contributed by atoms with van der Waals surface area (Å²) in [5, 5.41) is 7.17. The van der Waals surface area contributed by atoms with E-state index >= 15 is 0 Å². The number of pyridine rings is 1. The van der Waals surface area contributed by atoms with Crippen molar-refractivity contribution in [2.45, 2.75) is 53.1 Å². The van der Waals surface area contributed by atoms with E-state index in [0.717, 1.165) is 34.0 Å². The van der Waals surface area contributed by atoms with Crippen LogP contribution in [0.2, 0.25) is 0 Å². The first-order valence-electron chi connectivity index (χ1n) is 13.3. The molecule has 0 unspecified atom stereocenters. The lowest BCUT2D eigenvalue weighted by Crippen LogP contribution is -2.32. The molecule has 2 aromatic heterocycles. The number of carbonyl (C=O) groups excluding carboxylic acids is 1. The van der Waals surface area contributed by atoms with Crippen molar-refractivity contribution in [2.75, 3.05) is 11.9 Å². The van der Waals surface area contributed by atoms with Gasteiger partial charge in [-0.2, -0.15) is 0 Å². The van der Waals surface area contributed by atoms with Crippen molar-refractivity contribution < 1.29 is 4.79 Å². The summed E-state index contributed by atoms with van der Waals surface area (Å²) in [6.45, 7) is 11.1. The van der Waals surface area contributed by atoms with Crippen LogP contribution in [0.5, 0.6) is 0 Å². The number of aromatic nitrogens is 2. The number of benzene rings is 2. The second-order valence-corrected chi connectivity index (χ2v) is 10.9. The number of carbonyl (C=O) groups is 1. The highest BCUT2D eigenvalue weighted by atomic mass is 32.1. The molecule has 1 saturated heterocycles. The topological polar surface area (TPSA) is 62.2 Å². The van der Waals surface area contributed by atoms with Gasteiger partial charge in [0.2, 0.25) is 5.91 Å². The summed E-state index contributed by atoms with van der Waals surface area (Å²) in [5.74, 6) is -0.0394. The van der Waals surface area contributed by atoms with Crippen LogP contribution in [-0.4, -0.2) is 32.0 Å². The molecule has 6 nitrogen and oxygen atoms in total. The molecule has 0 spiro atoms. The number of hydrogen-bond donors (Lipinski definition) is 2. The van der Waals surface area contributed by atoms with Crippen molar-refractivity contribution in [1.29, 1.82) is 0 Å². The van der Waals surface area contributed by atoms with Crippen LogP contribution in [-0.2, 0) is 4.79 Å². The van der Waals surface area contributed by atoms with E-state index in [1.54, 1.807) is 0 Å². The standard InChI is InChI=1S/C32H35N5OS/c1-20-9-11-25(12-10-20)34-29(38)13-15-36-31(30(35-32(36)39)28-8-6-7-14-33-28)27-19-23(4)37(24(27)5)26-17-21(2)16-22(3)18-26/h6-12,14,16-19,30-31H,13,15H2,1-5H3,(H,34,38)(H,35,39)/t30-,31+/m0/s1. The highest BCUT2D eigenvalue weighted by molar-refractivity contribution is 7.80. The molecule has 7 heteroatoms. The van der Waals surface area contributed by atoms with Gasteiger partial charge in [-0.1, -0.05) is 29.8 Å². The zero-order chi connectivity index (χ0) is 27.7. The van der Waals surface area contributed by atoms with Crippen LogP contribution in [0.3, 0.4) is 0 Å². The first-order chi connectivity index (χ1) is 18.7. The summed E-state index contributed by atoms with van der Waals surface area (Å²) in [5.41, 5.74) is 9.98. The molecular weight excluding hydrogens is 502 g/mol. The summed E-state index contributed by atoms with van der Waals surface area (Å²) in [7, 11) is 0. The van der Waals surface area contributed by atoms with Crippen molar-refractivity contribution in [1.82, 2.24) is 19.8 Å². The Hall–Kier alpha value is -3.97. The maximum absolute atomic E-state index is 12.9. The summed E-state index contributed by atoms with van der Waals surface area (Å²) in [6, 6.07) is 22.4. The number of aryl methyl sites for hydroxylation is 4. The SMILES string of the molecule is Cc1ccc(NC(=O)CCN2C(=S)N[C@@H](c3ccccn3)[C@H]2c2cc(C)n(-c3cc(C)cc(C)c3)c2C)cc1. The molecule has 200 valence electrons. The number of nitrogens with one attached hydrogen (secondary N) is 2. The van der Waals surface area contributed by atoms with E-state index in [4.69, 9.17) is 12.2 Å². The highest BCUT2D eigenvalue weighted by Crippen LogP contribution is 2.41. The Morgan fingerprint density at radius 3 is 2.33 bits per heavy atom. The maximum atomic E-state index is 12.9. The second kappa shape index (κ2) is 11.0. The molecule has 1 aliphatic rings. The van der Waals surface area contributed by atoms with E-state index in [0.29, 0.717) is 18.1 Å². The van der Waals surface area contributed by atoms with Crippen LogP contribution in [0.1, 0.15) is 57.8 Å². The fraction of sp³-hybridized carbons (Fsp3) is 0.281. The quantitative estimate of drug-likeness (QED) is 0.267. The molecule has 2 aromatic carbocycles. The Labute approximate surface area is 236 Å². The fourth-order valence-electron chi connectivity index (χ4n) is 5.63. The normalized spacial score (nSPS) is 16.8. The van der Waals surface area contributed by atoms with E-state index in [2.05, 4.69) is 77.0 Å². The van der Waals surface area contributed by atoms with Crippen LogP contribution >= 0.6 is 12.2 Å². The van der Waals surface area contributed by atoms with Gasteiger partial charge in [-0.05, 0) is 106 Å². The summed E-state index contributed by atoms with van der Waals surface area (Å²) in [4.78, 5) is 19.7. The van der Waals surface area contributed by atoms with Gasteiger partial charge >= 0.3 is 0 Å². The Balaban J connectivity index is 1.48. The van der Waals surface area contributed by atoms with Crippen molar-refractivity contribution in [3.8, 4) is 5.69 Å². The van der Waals surface area contributed by atoms with Gasteiger partial charge in [0.05, 0.1) is 17.8 Å². The van der Waals surface area contributed by atoms with Gasteiger partial charge in [-0.3, -0.25) is 9.78 Å². The third-order valence-electron chi connectivity index (χ3n) is 7.37. The lowest BCUT2D eigenvalue weighted by Gasteiger charge is -2.28. The first-order valence-corrected chi connectivity index (χ1v) is 13.7. The van der Waals surface area contributed by atoms with Gasteiger partial charge in [-0.15, -0.1) is 0 Å². The van der Waals surface area contributed by atoms with Gasteiger partial charge in [0.25, 0.3) is 0 Å². The number of hydrogen-bond acceptors (Lipinski definition) is 3. The lowest BCUT2D eigenvalue weighted by atomic mass is 9.96. The van der Waals surface area contributed by atoms with Gasteiger partial charge in [-0.25, -0.2) is 0 Å². The highest BCUT2D eigenvalue weighted by Gasteiger charge is 2.41. The zero-order valence-corrected chi connectivity index (χ0v) is 24.0. The minimum absolute atomic E-state index is 0.0394. The van der Waals surface area contributed by atoms with E-state index in [-0.39, 0.29) is 18.0 Å². The summed E-state index contributed by atoms with van der Waals surface area (Å²) in [6.07, 6.45) is 2.13. The predicted octanol–water partition coefficient (Wildman–Crippen LogP) is 6.42. The van der Waals surface area contributed by atoms with Crippen LogP contribution in [0.4, 0.5) is 5.69 Å². The fourth-order valence-corrected chi connectivity index (χ4v) is 5.96. The molecule has 5 rings (SSSR count). The third-order valence-corrected chi connectivity index (χ3v) is 7.72. The van der Waals surface area contributed by atoms with Crippen LogP contribution in [0, 0.1) is 34.6 Å². The van der Waals surface area contributed by atoms with Crippen LogP contribution < -0.4 is 10.6 Å². The Morgan fingerprint density at radius 1 is 0.949 bits per heavy atom. The van der Waals surface area contributed by atoms with Crippen molar-refractivity contribution >= 4 is 28.9 Å². The largest absolute Gasteiger partial charge is 0.352 e. The lowest BCUT2D eigenvalue weighted by molar-refractivity contribution is -0.116. The van der Waals surface area contributed by atoms with E-state index in [9.17, 15) is 4.79 Å². The molecule has 3 heterocycles. The van der Waals surface area contributed by atoms with E-state index in [1.807, 2.05) is 55.6 Å². The first kappa shape index (κ1) is 26.6. The summed E-state index contributed by atoms with van der Waals surface area (Å²) >= 11 is 5.85. The zero-order valence-electron chi connectivity index (χ0n) is 23.2. The van der Waals surface area contributed by atoms with E-state index < -0.39 is 0 Å². The number of amides is 1. The number of nitrogens with zero attached hydrogens (tertiary/aromatic N) is 3. The second-order valence-electron chi connectivity index (χ2n) is 10.5. The average molecular weight is 538 g/mol. The number of rotatable bonds is 7. The van der Waals surface area contributed by atoms with Crippen LogP contribution in [0.15, 0.2) is 72.9 Å². The van der Waals surface area contributed by atoms with Gasteiger partial charge in [0, 0.05) is 41.9 Å².